The van der Waals surface area contributed by atoms with Gasteiger partial charge in [-0.15, -0.1) is 0 Å². The molecule has 45 heavy (non-hydrogen) atoms. The molecule has 0 unspecified atom stereocenters. The van der Waals surface area contributed by atoms with Crippen molar-refractivity contribution < 1.29 is 18.0 Å². The zero-order chi connectivity index (χ0) is 33.4. The maximum absolute atomic E-state index is 16.5. The van der Waals surface area contributed by atoms with Crippen LogP contribution in [-0.4, -0.2) is 67.1 Å². The minimum Gasteiger partial charge on any atom is -0.416 e. The third-order valence-electron chi connectivity index (χ3n) is 9.81. The smallest absolute Gasteiger partial charge is 0.218 e. The lowest BCUT2D eigenvalue weighted by molar-refractivity contribution is 0.0551. The molecule has 0 spiro atoms. The van der Waals surface area contributed by atoms with Crippen molar-refractivity contribution in [2.45, 2.75) is 109 Å². The van der Waals surface area contributed by atoms with Crippen molar-refractivity contribution in [1.82, 2.24) is 19.7 Å². The van der Waals surface area contributed by atoms with E-state index in [0.29, 0.717) is 25.4 Å². The van der Waals surface area contributed by atoms with Gasteiger partial charge in [0.15, 0.2) is 16.6 Å². The summed E-state index contributed by atoms with van der Waals surface area (Å²) in [6.45, 7) is 22.8. The maximum Gasteiger partial charge on any atom is 0.218 e. The van der Waals surface area contributed by atoms with Crippen molar-refractivity contribution in [3.05, 3.63) is 70.3 Å². The van der Waals surface area contributed by atoms with Crippen LogP contribution >= 0.6 is 15.9 Å². The summed E-state index contributed by atoms with van der Waals surface area (Å²) in [4.78, 5) is 22.1. The summed E-state index contributed by atoms with van der Waals surface area (Å²) in [7, 11) is -4.36. The summed E-state index contributed by atoms with van der Waals surface area (Å²) in [5, 5.41) is 7.76. The average molecular weight is 719 g/mol. The Kier molecular flexibility index (Phi) is 10.6. The van der Waals surface area contributed by atoms with E-state index in [1.807, 2.05) is 24.3 Å². The predicted molar refractivity (Wildman–Crippen MR) is 187 cm³/mol. The van der Waals surface area contributed by atoms with Gasteiger partial charge in [-0.3, -0.25) is 9.48 Å². The summed E-state index contributed by atoms with van der Waals surface area (Å²) in [6.07, 6.45) is 3.17. The van der Waals surface area contributed by atoms with E-state index in [2.05, 4.69) is 104 Å². The van der Waals surface area contributed by atoms with Crippen molar-refractivity contribution in [3.63, 3.8) is 0 Å². The molecule has 1 N–H and O–H groups in total. The molecule has 8 nitrogen and oxygen atoms in total. The minimum atomic E-state index is -2.29. The summed E-state index contributed by atoms with van der Waals surface area (Å²) < 4.78 is 32.6. The van der Waals surface area contributed by atoms with Gasteiger partial charge in [0.1, 0.15) is 24.0 Å². The second-order valence-corrected chi connectivity index (χ2v) is 25.7. The zero-order valence-electron chi connectivity index (χ0n) is 28.3. The topological polar surface area (TPSA) is 91.2 Å². The van der Waals surface area contributed by atoms with Crippen LogP contribution in [0.1, 0.15) is 69.6 Å². The molecule has 3 aromatic rings. The van der Waals surface area contributed by atoms with Gasteiger partial charge in [0.05, 0.1) is 24.3 Å². The van der Waals surface area contributed by atoms with Crippen LogP contribution in [0.25, 0.3) is 0 Å². The van der Waals surface area contributed by atoms with Gasteiger partial charge in [-0.25, -0.2) is 14.4 Å². The quantitative estimate of drug-likeness (QED) is 0.158. The average Bonchev–Trinajstić information content (AvgIpc) is 3.51. The summed E-state index contributed by atoms with van der Waals surface area (Å²) in [5.41, 5.74) is 1.57. The van der Waals surface area contributed by atoms with Crippen LogP contribution in [0.5, 0.6) is 0 Å². The van der Waals surface area contributed by atoms with Gasteiger partial charge >= 0.3 is 0 Å². The SMILES string of the molecule is CC(C)(C)[Si](C)(C)OC[C@H]1C[C@@H](Nc2ncncc2C(=O)c2ccn(Cc3cccc(Br)c3)n2)[C@@H](F)[C@@H]1O[Si](C)(C)C(C)(C)C. The van der Waals surface area contributed by atoms with Crippen LogP contribution in [0.2, 0.25) is 36.3 Å². The Hall–Kier alpha value is -2.26. The number of aromatic nitrogens is 4. The highest BCUT2D eigenvalue weighted by atomic mass is 79.9. The summed E-state index contributed by atoms with van der Waals surface area (Å²) in [6, 6.07) is 9.01. The van der Waals surface area contributed by atoms with E-state index >= 15 is 4.39 Å². The van der Waals surface area contributed by atoms with E-state index < -0.39 is 35.0 Å². The zero-order valence-corrected chi connectivity index (χ0v) is 31.9. The van der Waals surface area contributed by atoms with Gasteiger partial charge in [0, 0.05) is 29.4 Å². The first-order valence-electron chi connectivity index (χ1n) is 15.6. The third-order valence-corrected chi connectivity index (χ3v) is 19.3. The number of rotatable bonds is 11. The number of ketones is 1. The number of hydrogen-bond acceptors (Lipinski definition) is 7. The van der Waals surface area contributed by atoms with E-state index in [1.54, 1.807) is 16.9 Å². The first-order valence-corrected chi connectivity index (χ1v) is 22.2. The molecule has 0 bridgehead atoms. The van der Waals surface area contributed by atoms with E-state index in [4.69, 9.17) is 8.85 Å². The molecule has 2 aromatic heterocycles. The molecule has 4 rings (SSSR count). The summed E-state index contributed by atoms with van der Waals surface area (Å²) in [5.74, 6) is -0.178. The molecule has 0 radical (unpaired) electrons. The van der Waals surface area contributed by atoms with Crippen molar-refractivity contribution in [2.75, 3.05) is 11.9 Å². The highest BCUT2D eigenvalue weighted by Gasteiger charge is 2.51. The molecule has 0 amide bonds. The van der Waals surface area contributed by atoms with Crippen LogP contribution in [0.15, 0.2) is 53.5 Å². The van der Waals surface area contributed by atoms with Crippen molar-refractivity contribution >= 4 is 44.2 Å². The predicted octanol–water partition coefficient (Wildman–Crippen LogP) is 8.27. The number of nitrogens with zero attached hydrogens (tertiary/aromatic N) is 4. The lowest BCUT2D eigenvalue weighted by Gasteiger charge is -2.41. The standard InChI is InChI=1S/C33H49BrFN5O3Si2/c1-32(2,3)44(7,8)42-20-23-17-27(28(35)30(23)43-45(9,10)33(4,5)6)38-31-25(18-36-21-37-31)29(41)26-14-15-40(39-26)19-22-12-11-13-24(34)16-22/h11-16,18,21,23,27-28,30H,17,19-20H2,1-10H3,(H,36,37,38)/t23-,27-,28-,30-/m1/s1. The third kappa shape index (κ3) is 8.37. The van der Waals surface area contributed by atoms with E-state index in [-0.39, 0.29) is 33.0 Å². The summed E-state index contributed by atoms with van der Waals surface area (Å²) >= 11 is 3.49. The lowest BCUT2D eigenvalue weighted by Crippen LogP contribution is -2.49. The molecule has 4 atom stereocenters. The normalized spacial score (nSPS) is 21.2. The lowest BCUT2D eigenvalue weighted by atomic mass is 10.1. The Morgan fingerprint density at radius 1 is 1.09 bits per heavy atom. The van der Waals surface area contributed by atoms with Gasteiger partial charge in [-0.1, -0.05) is 69.6 Å². The molecule has 1 aliphatic rings. The highest BCUT2D eigenvalue weighted by molar-refractivity contribution is 9.10. The van der Waals surface area contributed by atoms with Crippen LogP contribution in [0.4, 0.5) is 10.2 Å². The number of carbonyl (C=O) groups excluding carboxylic acids is 1. The molecule has 1 saturated carbocycles. The second-order valence-electron chi connectivity index (χ2n) is 15.2. The number of anilines is 1. The first-order chi connectivity index (χ1) is 20.8. The number of benzene rings is 1. The molecule has 2 heterocycles. The van der Waals surface area contributed by atoms with Gasteiger partial charge in [-0.05, 0) is 66.4 Å². The number of halogens is 2. The highest BCUT2D eigenvalue weighted by Crippen LogP contribution is 2.44. The molecular weight excluding hydrogens is 669 g/mol. The molecule has 0 aliphatic heterocycles. The van der Waals surface area contributed by atoms with Crippen LogP contribution < -0.4 is 5.32 Å². The minimum absolute atomic E-state index is 0.0370. The van der Waals surface area contributed by atoms with Crippen molar-refractivity contribution in [1.29, 1.82) is 0 Å². The Morgan fingerprint density at radius 3 is 2.42 bits per heavy atom. The first kappa shape index (κ1) is 35.6. The molecule has 1 fully saturated rings. The fraction of sp³-hybridized carbons (Fsp3) is 0.576. The largest absolute Gasteiger partial charge is 0.416 e. The van der Waals surface area contributed by atoms with Gasteiger partial charge in [0.2, 0.25) is 5.78 Å². The van der Waals surface area contributed by atoms with Crippen molar-refractivity contribution in [3.8, 4) is 0 Å². The fourth-order valence-electron chi connectivity index (χ4n) is 4.91. The molecule has 0 saturated heterocycles. The fourth-order valence-corrected chi connectivity index (χ4v) is 7.78. The Morgan fingerprint density at radius 2 is 1.78 bits per heavy atom. The molecule has 1 aromatic carbocycles. The molecular formula is C33H49BrFN5O3Si2. The Labute approximate surface area is 278 Å². The monoisotopic (exact) mass is 717 g/mol. The number of alkyl halides is 1. The van der Waals surface area contributed by atoms with Crippen LogP contribution in [0, 0.1) is 5.92 Å². The van der Waals surface area contributed by atoms with Gasteiger partial charge in [0.25, 0.3) is 0 Å². The van der Waals surface area contributed by atoms with Crippen LogP contribution in [0.3, 0.4) is 0 Å². The Bertz CT molecular complexity index is 1490. The second kappa shape index (κ2) is 13.5. The molecule has 1 aliphatic carbocycles. The molecule has 246 valence electrons. The van der Waals surface area contributed by atoms with Gasteiger partial charge in [-0.2, -0.15) is 5.10 Å². The maximum atomic E-state index is 16.5. The Balaban J connectivity index is 1.55. The van der Waals surface area contributed by atoms with Gasteiger partial charge < -0.3 is 14.2 Å². The van der Waals surface area contributed by atoms with E-state index in [9.17, 15) is 4.79 Å². The number of carbonyl (C=O) groups is 1. The number of hydrogen-bond donors (Lipinski definition) is 1. The molecule has 12 heteroatoms. The van der Waals surface area contributed by atoms with Crippen molar-refractivity contribution in [2.24, 2.45) is 5.92 Å². The van der Waals surface area contributed by atoms with E-state index in [1.165, 1.54) is 12.5 Å². The number of nitrogens with one attached hydrogen (secondary N) is 1. The van der Waals surface area contributed by atoms with Crippen LogP contribution in [-0.2, 0) is 15.4 Å². The van der Waals surface area contributed by atoms with E-state index in [0.717, 1.165) is 10.0 Å².